The average molecular weight is 271 g/mol. The van der Waals surface area contributed by atoms with Crippen LogP contribution in [-0.2, 0) is 11.4 Å². The largest absolute Gasteiger partial charge is 0.392 e. The van der Waals surface area contributed by atoms with Crippen LogP contribution in [0.5, 0.6) is 0 Å². The summed E-state index contributed by atoms with van der Waals surface area (Å²) in [7, 11) is 1.61. The molecule has 18 heavy (non-hydrogen) atoms. The van der Waals surface area contributed by atoms with E-state index in [0.717, 1.165) is 24.2 Å². The highest BCUT2D eigenvalue weighted by atomic mass is 35.5. The molecule has 0 aromatic heterocycles. The molecule has 0 fully saturated rings. The van der Waals surface area contributed by atoms with E-state index in [4.69, 9.17) is 11.6 Å². The lowest BCUT2D eigenvalue weighted by molar-refractivity contribution is -0.119. The molecule has 1 aromatic carbocycles. The fraction of sp³-hybridized carbons (Fsp3) is 0.462. The van der Waals surface area contributed by atoms with Crippen molar-refractivity contribution in [3.8, 4) is 0 Å². The summed E-state index contributed by atoms with van der Waals surface area (Å²) in [5.41, 5.74) is 1.59. The molecule has 0 bridgehead atoms. The minimum Gasteiger partial charge on any atom is -0.392 e. The zero-order valence-electron chi connectivity index (χ0n) is 10.7. The van der Waals surface area contributed by atoms with Crippen LogP contribution in [0.1, 0.15) is 18.9 Å². The Bertz CT molecular complexity index is 410. The van der Waals surface area contributed by atoms with Gasteiger partial charge in [0.05, 0.1) is 13.2 Å². The predicted octanol–water partition coefficient (Wildman–Crippen LogP) is 1.79. The highest BCUT2D eigenvalue weighted by Gasteiger charge is 2.13. The Kier molecular flexibility index (Phi) is 5.95. The lowest BCUT2D eigenvalue weighted by atomic mass is 10.1. The van der Waals surface area contributed by atoms with Crippen molar-refractivity contribution in [3.63, 3.8) is 0 Å². The molecule has 0 saturated carbocycles. The van der Waals surface area contributed by atoms with Crippen LogP contribution in [0.2, 0.25) is 5.02 Å². The maximum Gasteiger partial charge on any atom is 0.239 e. The van der Waals surface area contributed by atoms with E-state index in [-0.39, 0.29) is 19.1 Å². The third-order valence-corrected chi connectivity index (χ3v) is 2.89. The molecule has 0 saturated heterocycles. The molecule has 0 radical (unpaired) electrons. The minimum atomic E-state index is -0.0934. The Morgan fingerprint density at radius 2 is 2.22 bits per heavy atom. The number of aliphatic hydroxyl groups is 1. The van der Waals surface area contributed by atoms with Gasteiger partial charge in [0.25, 0.3) is 0 Å². The second kappa shape index (κ2) is 7.24. The van der Waals surface area contributed by atoms with E-state index in [1.165, 1.54) is 0 Å². The summed E-state index contributed by atoms with van der Waals surface area (Å²) < 4.78 is 0. The van der Waals surface area contributed by atoms with Gasteiger partial charge in [0.2, 0.25) is 5.91 Å². The van der Waals surface area contributed by atoms with Gasteiger partial charge >= 0.3 is 0 Å². The van der Waals surface area contributed by atoms with Gasteiger partial charge in [0, 0.05) is 29.9 Å². The number of likely N-dealkylation sites (N-methyl/N-ethyl adjacent to an activating group) is 1. The lowest BCUT2D eigenvalue weighted by Gasteiger charge is -2.25. The number of amides is 1. The Morgan fingerprint density at radius 3 is 2.78 bits per heavy atom. The molecular weight excluding hydrogens is 252 g/mol. The van der Waals surface area contributed by atoms with E-state index in [1.807, 2.05) is 17.9 Å². The molecule has 2 N–H and O–H groups in total. The molecule has 0 unspecified atom stereocenters. The highest BCUT2D eigenvalue weighted by molar-refractivity contribution is 6.30. The number of carbonyl (C=O) groups is 1. The standard InChI is InChI=1S/C13H19ClN2O2/c1-3-6-16(8-13(18)15-2)12-5-4-11(14)7-10(12)9-17/h4-5,7,17H,3,6,8-9H2,1-2H3,(H,15,18). The molecule has 1 rings (SSSR count). The summed E-state index contributed by atoms with van der Waals surface area (Å²) in [5.74, 6) is -0.0534. The van der Waals surface area contributed by atoms with Crippen LogP contribution >= 0.6 is 11.6 Å². The first-order valence-corrected chi connectivity index (χ1v) is 6.35. The second-order valence-corrected chi connectivity index (χ2v) is 4.46. The number of benzene rings is 1. The van der Waals surface area contributed by atoms with Gasteiger partial charge in [0.15, 0.2) is 0 Å². The monoisotopic (exact) mass is 270 g/mol. The molecule has 0 aliphatic rings. The summed E-state index contributed by atoms with van der Waals surface area (Å²) in [6, 6.07) is 5.33. The maximum absolute atomic E-state index is 11.5. The van der Waals surface area contributed by atoms with Crippen LogP contribution < -0.4 is 10.2 Å². The summed E-state index contributed by atoms with van der Waals surface area (Å²) in [4.78, 5) is 13.4. The summed E-state index contributed by atoms with van der Waals surface area (Å²) in [6.45, 7) is 2.98. The highest BCUT2D eigenvalue weighted by Crippen LogP contribution is 2.24. The molecule has 0 spiro atoms. The Morgan fingerprint density at radius 1 is 1.50 bits per heavy atom. The van der Waals surface area contributed by atoms with E-state index in [9.17, 15) is 9.90 Å². The molecule has 0 atom stereocenters. The number of carbonyl (C=O) groups excluding carboxylic acids is 1. The lowest BCUT2D eigenvalue weighted by Crippen LogP contribution is -2.36. The van der Waals surface area contributed by atoms with Gasteiger partial charge in [-0.05, 0) is 24.6 Å². The van der Waals surface area contributed by atoms with Gasteiger partial charge < -0.3 is 15.3 Å². The van der Waals surface area contributed by atoms with Gasteiger partial charge in [0.1, 0.15) is 0 Å². The average Bonchev–Trinajstić information content (AvgIpc) is 2.37. The first kappa shape index (κ1) is 14.8. The maximum atomic E-state index is 11.5. The molecule has 4 nitrogen and oxygen atoms in total. The SMILES string of the molecule is CCCN(CC(=O)NC)c1ccc(Cl)cc1CO. The van der Waals surface area contributed by atoms with Gasteiger partial charge in [-0.2, -0.15) is 0 Å². The van der Waals surface area contributed by atoms with Crippen molar-refractivity contribution in [2.24, 2.45) is 0 Å². The fourth-order valence-electron chi connectivity index (χ4n) is 1.80. The summed E-state index contributed by atoms with van der Waals surface area (Å²) >= 11 is 5.90. The topological polar surface area (TPSA) is 52.6 Å². The molecule has 5 heteroatoms. The van der Waals surface area contributed by atoms with E-state index in [0.29, 0.717) is 5.02 Å². The number of hydrogen-bond donors (Lipinski definition) is 2. The number of nitrogens with one attached hydrogen (secondary N) is 1. The first-order chi connectivity index (χ1) is 8.62. The molecule has 0 aliphatic carbocycles. The second-order valence-electron chi connectivity index (χ2n) is 4.03. The quantitative estimate of drug-likeness (QED) is 0.829. The zero-order chi connectivity index (χ0) is 13.5. The van der Waals surface area contributed by atoms with Crippen LogP contribution in [0.3, 0.4) is 0 Å². The summed E-state index contributed by atoms with van der Waals surface area (Å²) in [5, 5.41) is 12.6. The van der Waals surface area contributed by atoms with Crippen molar-refractivity contribution in [1.29, 1.82) is 0 Å². The van der Waals surface area contributed by atoms with Gasteiger partial charge in [-0.15, -0.1) is 0 Å². The van der Waals surface area contributed by atoms with Gasteiger partial charge in [-0.3, -0.25) is 4.79 Å². The normalized spacial score (nSPS) is 10.2. The van der Waals surface area contributed by atoms with Gasteiger partial charge in [-0.25, -0.2) is 0 Å². The number of halogens is 1. The minimum absolute atomic E-state index is 0.0534. The molecule has 1 aromatic rings. The number of aliphatic hydroxyl groups excluding tert-OH is 1. The zero-order valence-corrected chi connectivity index (χ0v) is 11.5. The van der Waals surface area contributed by atoms with E-state index in [1.54, 1.807) is 19.2 Å². The number of rotatable bonds is 6. The number of nitrogens with zero attached hydrogens (tertiary/aromatic N) is 1. The molecule has 100 valence electrons. The Hall–Kier alpha value is -1.26. The van der Waals surface area contributed by atoms with E-state index < -0.39 is 0 Å². The number of hydrogen-bond acceptors (Lipinski definition) is 3. The van der Waals surface area contributed by atoms with Crippen LogP contribution in [0.4, 0.5) is 5.69 Å². The molecule has 1 amide bonds. The molecular formula is C13H19ClN2O2. The van der Waals surface area contributed by atoms with Crippen LogP contribution in [0.15, 0.2) is 18.2 Å². The molecule has 0 aliphatic heterocycles. The van der Waals surface area contributed by atoms with Gasteiger partial charge in [-0.1, -0.05) is 18.5 Å². The predicted molar refractivity (Wildman–Crippen MR) is 73.9 cm³/mol. The Labute approximate surface area is 113 Å². The van der Waals surface area contributed by atoms with Crippen LogP contribution in [-0.4, -0.2) is 31.2 Å². The van der Waals surface area contributed by atoms with E-state index >= 15 is 0 Å². The van der Waals surface area contributed by atoms with Crippen LogP contribution in [0, 0.1) is 0 Å². The Balaban J connectivity index is 3.00. The van der Waals surface area contributed by atoms with Crippen molar-refractivity contribution in [3.05, 3.63) is 28.8 Å². The van der Waals surface area contributed by atoms with Crippen molar-refractivity contribution in [2.45, 2.75) is 20.0 Å². The number of anilines is 1. The third-order valence-electron chi connectivity index (χ3n) is 2.66. The van der Waals surface area contributed by atoms with Crippen molar-refractivity contribution in [1.82, 2.24) is 5.32 Å². The first-order valence-electron chi connectivity index (χ1n) is 5.97. The fourth-order valence-corrected chi connectivity index (χ4v) is 1.99. The van der Waals surface area contributed by atoms with Crippen molar-refractivity contribution < 1.29 is 9.90 Å². The van der Waals surface area contributed by atoms with Crippen LogP contribution in [0.25, 0.3) is 0 Å². The van der Waals surface area contributed by atoms with Crippen molar-refractivity contribution in [2.75, 3.05) is 25.0 Å². The molecule has 0 heterocycles. The summed E-state index contributed by atoms with van der Waals surface area (Å²) in [6.07, 6.45) is 0.921. The smallest absolute Gasteiger partial charge is 0.239 e. The van der Waals surface area contributed by atoms with E-state index in [2.05, 4.69) is 5.32 Å². The van der Waals surface area contributed by atoms with Crippen molar-refractivity contribution >= 4 is 23.2 Å². The third kappa shape index (κ3) is 3.89.